The number of rotatable bonds is 8. The number of nitrogens with zero attached hydrogens (tertiary/aromatic N) is 1. The SMILES string of the molecule is CSc1ccc(S(=O)(=O)NCCOc2ccc(F)cc2)cc1C(=O)N1CCCC1. The molecule has 0 bridgehead atoms. The van der Waals surface area contributed by atoms with Crippen LogP contribution in [0.3, 0.4) is 0 Å². The monoisotopic (exact) mass is 438 g/mol. The molecule has 1 N–H and O–H groups in total. The lowest BCUT2D eigenvalue weighted by Gasteiger charge is -2.18. The molecule has 0 radical (unpaired) electrons. The average molecular weight is 439 g/mol. The first-order chi connectivity index (χ1) is 13.9. The van der Waals surface area contributed by atoms with Crippen LogP contribution in [0.25, 0.3) is 0 Å². The van der Waals surface area contributed by atoms with Gasteiger partial charge in [-0.05, 0) is 61.6 Å². The van der Waals surface area contributed by atoms with E-state index in [1.54, 1.807) is 11.0 Å². The highest BCUT2D eigenvalue weighted by molar-refractivity contribution is 7.98. The Bertz CT molecular complexity index is 959. The molecule has 1 amide bonds. The van der Waals surface area contributed by atoms with E-state index < -0.39 is 10.0 Å². The van der Waals surface area contributed by atoms with Crippen molar-refractivity contribution in [2.45, 2.75) is 22.6 Å². The second kappa shape index (κ2) is 9.60. The van der Waals surface area contributed by atoms with Crippen molar-refractivity contribution in [3.63, 3.8) is 0 Å². The molecule has 29 heavy (non-hydrogen) atoms. The second-order valence-electron chi connectivity index (χ2n) is 6.56. The van der Waals surface area contributed by atoms with E-state index in [-0.39, 0.29) is 29.8 Å². The average Bonchev–Trinajstić information content (AvgIpc) is 3.26. The number of sulfonamides is 1. The Morgan fingerprint density at radius 3 is 2.52 bits per heavy atom. The van der Waals surface area contributed by atoms with Gasteiger partial charge in [0.25, 0.3) is 5.91 Å². The molecule has 0 saturated carbocycles. The standard InChI is InChI=1S/C20H23FN2O4S2/c1-28-19-9-8-17(14-18(19)20(24)23-11-2-3-12-23)29(25,26)22-10-13-27-16-6-4-15(21)5-7-16/h4-9,14,22H,2-3,10-13H2,1H3. The molecule has 1 heterocycles. The van der Waals surface area contributed by atoms with E-state index in [4.69, 9.17) is 4.74 Å². The minimum atomic E-state index is -3.80. The van der Waals surface area contributed by atoms with Crippen LogP contribution >= 0.6 is 11.8 Å². The predicted molar refractivity (Wildman–Crippen MR) is 110 cm³/mol. The number of hydrogen-bond acceptors (Lipinski definition) is 5. The Labute approximate surface area is 174 Å². The first-order valence-corrected chi connectivity index (χ1v) is 12.0. The van der Waals surface area contributed by atoms with E-state index in [0.717, 1.165) is 17.7 Å². The van der Waals surface area contributed by atoms with Crippen LogP contribution in [0.15, 0.2) is 52.3 Å². The van der Waals surface area contributed by atoms with E-state index >= 15 is 0 Å². The van der Waals surface area contributed by atoms with E-state index in [1.165, 1.54) is 48.2 Å². The minimum Gasteiger partial charge on any atom is -0.492 e. The summed E-state index contributed by atoms with van der Waals surface area (Å²) in [5, 5.41) is 0. The zero-order valence-electron chi connectivity index (χ0n) is 16.1. The number of carbonyl (C=O) groups excluding carboxylic acids is 1. The normalized spacial score (nSPS) is 14.2. The molecule has 156 valence electrons. The fourth-order valence-electron chi connectivity index (χ4n) is 3.07. The molecule has 6 nitrogen and oxygen atoms in total. The molecule has 1 fully saturated rings. The quantitative estimate of drug-likeness (QED) is 0.506. The molecule has 3 rings (SSSR count). The number of carbonyl (C=O) groups is 1. The van der Waals surface area contributed by atoms with Crippen LogP contribution in [0, 0.1) is 5.82 Å². The Hall–Kier alpha value is -2.10. The molecule has 0 aromatic heterocycles. The van der Waals surface area contributed by atoms with Crippen molar-refractivity contribution in [1.29, 1.82) is 0 Å². The number of hydrogen-bond donors (Lipinski definition) is 1. The molecule has 1 aliphatic rings. The molecule has 0 spiro atoms. The van der Waals surface area contributed by atoms with Crippen molar-refractivity contribution in [2.75, 3.05) is 32.5 Å². The first kappa shape index (κ1) is 21.6. The summed E-state index contributed by atoms with van der Waals surface area (Å²) in [5.41, 5.74) is 0.407. The molecule has 2 aromatic carbocycles. The van der Waals surface area contributed by atoms with Gasteiger partial charge in [-0.15, -0.1) is 11.8 Å². The zero-order chi connectivity index (χ0) is 20.9. The third-order valence-electron chi connectivity index (χ3n) is 4.58. The molecule has 0 aliphatic carbocycles. The minimum absolute atomic E-state index is 0.0411. The topological polar surface area (TPSA) is 75.7 Å². The van der Waals surface area contributed by atoms with Crippen LogP contribution in [0.5, 0.6) is 5.75 Å². The van der Waals surface area contributed by atoms with Gasteiger partial charge < -0.3 is 9.64 Å². The van der Waals surface area contributed by atoms with Gasteiger partial charge >= 0.3 is 0 Å². The maximum absolute atomic E-state index is 12.9. The van der Waals surface area contributed by atoms with Crippen molar-refractivity contribution in [3.8, 4) is 5.75 Å². The van der Waals surface area contributed by atoms with Crippen molar-refractivity contribution in [2.24, 2.45) is 0 Å². The Balaban J connectivity index is 1.66. The third kappa shape index (κ3) is 5.49. The molecule has 0 unspecified atom stereocenters. The number of nitrogens with one attached hydrogen (secondary N) is 1. The van der Waals surface area contributed by atoms with Gasteiger partial charge in [-0.3, -0.25) is 4.79 Å². The maximum Gasteiger partial charge on any atom is 0.255 e. The van der Waals surface area contributed by atoms with Gasteiger partial charge in [-0.25, -0.2) is 17.5 Å². The van der Waals surface area contributed by atoms with E-state index in [2.05, 4.69) is 4.72 Å². The summed E-state index contributed by atoms with van der Waals surface area (Å²) in [6.45, 7) is 1.53. The van der Waals surface area contributed by atoms with Crippen molar-refractivity contribution < 1.29 is 22.3 Å². The van der Waals surface area contributed by atoms with Crippen LogP contribution in [-0.4, -0.2) is 51.7 Å². The van der Waals surface area contributed by atoms with Gasteiger partial charge in [0.15, 0.2) is 0 Å². The fraction of sp³-hybridized carbons (Fsp3) is 0.350. The Kier molecular flexibility index (Phi) is 7.15. The van der Waals surface area contributed by atoms with E-state index in [0.29, 0.717) is 24.4 Å². The summed E-state index contributed by atoms with van der Waals surface area (Å²) in [4.78, 5) is 15.3. The maximum atomic E-state index is 12.9. The molecular weight excluding hydrogens is 415 g/mol. The lowest BCUT2D eigenvalue weighted by Crippen LogP contribution is -2.30. The first-order valence-electron chi connectivity index (χ1n) is 9.26. The van der Waals surface area contributed by atoms with Gasteiger partial charge in [0.2, 0.25) is 10.0 Å². The smallest absolute Gasteiger partial charge is 0.255 e. The molecule has 1 saturated heterocycles. The largest absolute Gasteiger partial charge is 0.492 e. The molecule has 9 heteroatoms. The van der Waals surface area contributed by atoms with Gasteiger partial charge in [0.05, 0.1) is 10.5 Å². The fourth-order valence-corrected chi connectivity index (χ4v) is 4.68. The van der Waals surface area contributed by atoms with E-state index in [1.807, 2.05) is 6.26 Å². The summed E-state index contributed by atoms with van der Waals surface area (Å²) in [6, 6.07) is 10.1. The van der Waals surface area contributed by atoms with Crippen molar-refractivity contribution in [1.82, 2.24) is 9.62 Å². The molecule has 2 aromatic rings. The summed E-state index contributed by atoms with van der Waals surface area (Å²) in [7, 11) is -3.80. The number of likely N-dealkylation sites (tertiary alicyclic amines) is 1. The highest BCUT2D eigenvalue weighted by Crippen LogP contribution is 2.26. The van der Waals surface area contributed by atoms with Gasteiger partial charge in [0.1, 0.15) is 18.2 Å². The third-order valence-corrected chi connectivity index (χ3v) is 6.84. The van der Waals surface area contributed by atoms with Gasteiger partial charge in [-0.1, -0.05) is 0 Å². The van der Waals surface area contributed by atoms with Crippen LogP contribution in [0.2, 0.25) is 0 Å². The van der Waals surface area contributed by atoms with Gasteiger partial charge in [-0.2, -0.15) is 0 Å². The number of benzene rings is 2. The van der Waals surface area contributed by atoms with E-state index in [9.17, 15) is 17.6 Å². The highest BCUT2D eigenvalue weighted by Gasteiger charge is 2.24. The van der Waals surface area contributed by atoms with Crippen LogP contribution in [0.1, 0.15) is 23.2 Å². The summed E-state index contributed by atoms with van der Waals surface area (Å²) >= 11 is 1.41. The summed E-state index contributed by atoms with van der Waals surface area (Å²) in [6.07, 6.45) is 3.79. The van der Waals surface area contributed by atoms with Crippen molar-refractivity contribution in [3.05, 3.63) is 53.8 Å². The van der Waals surface area contributed by atoms with Gasteiger partial charge in [0, 0.05) is 24.5 Å². The van der Waals surface area contributed by atoms with Crippen LogP contribution in [0.4, 0.5) is 4.39 Å². The molecule has 0 atom stereocenters. The highest BCUT2D eigenvalue weighted by atomic mass is 32.2. The molecule has 1 aliphatic heterocycles. The van der Waals surface area contributed by atoms with Crippen LogP contribution in [-0.2, 0) is 10.0 Å². The lowest BCUT2D eigenvalue weighted by molar-refractivity contribution is 0.0789. The molecular formula is C20H23FN2O4S2. The van der Waals surface area contributed by atoms with Crippen LogP contribution < -0.4 is 9.46 Å². The number of halogens is 1. The number of ether oxygens (including phenoxy) is 1. The second-order valence-corrected chi connectivity index (χ2v) is 9.18. The number of thioether (sulfide) groups is 1. The Morgan fingerprint density at radius 1 is 1.17 bits per heavy atom. The Morgan fingerprint density at radius 2 is 1.86 bits per heavy atom. The lowest BCUT2D eigenvalue weighted by atomic mass is 10.2. The summed E-state index contributed by atoms with van der Waals surface area (Å²) in [5.74, 6) is -0.0528. The predicted octanol–water partition coefficient (Wildman–Crippen LogP) is 3.14. The number of amides is 1. The summed E-state index contributed by atoms with van der Waals surface area (Å²) < 4.78 is 46.0. The zero-order valence-corrected chi connectivity index (χ0v) is 17.7. The van der Waals surface area contributed by atoms with Crippen molar-refractivity contribution >= 4 is 27.7 Å².